The average molecular weight is 312 g/mol. The number of nitrogens with zero attached hydrogens (tertiary/aromatic N) is 1. The summed E-state index contributed by atoms with van der Waals surface area (Å²) in [5, 5.41) is 22.3. The fourth-order valence-corrected chi connectivity index (χ4v) is 2.97. The van der Waals surface area contributed by atoms with Crippen LogP contribution >= 0.6 is 0 Å². The molecule has 0 saturated heterocycles. The lowest BCUT2D eigenvalue weighted by atomic mass is 9.75. The van der Waals surface area contributed by atoms with Gasteiger partial charge in [0, 0.05) is 12.2 Å². The summed E-state index contributed by atoms with van der Waals surface area (Å²) in [6, 6.07) is 12.9. The summed E-state index contributed by atoms with van der Waals surface area (Å²) in [7, 11) is 0. The van der Waals surface area contributed by atoms with Crippen LogP contribution in [0.3, 0.4) is 0 Å². The van der Waals surface area contributed by atoms with Gasteiger partial charge in [-0.2, -0.15) is 0 Å². The Morgan fingerprint density at radius 2 is 1.96 bits per heavy atom. The molecule has 23 heavy (non-hydrogen) atoms. The largest absolute Gasteiger partial charge is 0.505 e. The third kappa shape index (κ3) is 3.68. The number of hydrogen-bond donors (Lipinski definition) is 3. The normalized spacial score (nSPS) is 21.3. The molecule has 1 saturated carbocycles. The molecule has 1 atom stereocenters. The number of carbonyl (C=O) groups excluding carboxylic acids is 1. The van der Waals surface area contributed by atoms with Gasteiger partial charge in [0.15, 0.2) is 5.69 Å². The standard InChI is InChI=1S/C18H20N2O3/c21-14-10-13(11-14)15(9-12-5-2-1-3-6-12)20-18(23)17-16(22)7-4-8-19-17/h1-8,13-15,21-22H,9-11H2,(H,20,23)/t13?,14?,15-/m1/s1. The van der Waals surface area contributed by atoms with Gasteiger partial charge in [-0.25, -0.2) is 4.98 Å². The summed E-state index contributed by atoms with van der Waals surface area (Å²) >= 11 is 0. The molecule has 1 fully saturated rings. The summed E-state index contributed by atoms with van der Waals surface area (Å²) in [6.45, 7) is 0. The van der Waals surface area contributed by atoms with Gasteiger partial charge in [-0.15, -0.1) is 0 Å². The highest BCUT2D eigenvalue weighted by Gasteiger charge is 2.35. The number of carbonyl (C=O) groups is 1. The number of aliphatic hydroxyl groups is 1. The highest BCUT2D eigenvalue weighted by molar-refractivity contribution is 5.94. The zero-order valence-corrected chi connectivity index (χ0v) is 12.7. The molecule has 1 aliphatic rings. The summed E-state index contributed by atoms with van der Waals surface area (Å²) in [5.74, 6) is -0.275. The second-order valence-electron chi connectivity index (χ2n) is 6.03. The van der Waals surface area contributed by atoms with Crippen LogP contribution in [0.4, 0.5) is 0 Å². The second-order valence-corrected chi connectivity index (χ2v) is 6.03. The molecular weight excluding hydrogens is 292 g/mol. The van der Waals surface area contributed by atoms with Gasteiger partial charge in [-0.3, -0.25) is 4.79 Å². The topological polar surface area (TPSA) is 82.5 Å². The third-order valence-electron chi connectivity index (χ3n) is 4.34. The van der Waals surface area contributed by atoms with Crippen LogP contribution in [0.5, 0.6) is 5.75 Å². The number of rotatable bonds is 5. The number of aromatic hydroxyl groups is 1. The van der Waals surface area contributed by atoms with Crippen molar-refractivity contribution in [1.82, 2.24) is 10.3 Å². The second kappa shape index (κ2) is 6.79. The fourth-order valence-electron chi connectivity index (χ4n) is 2.97. The molecule has 1 aromatic heterocycles. The number of aliphatic hydroxyl groups excluding tert-OH is 1. The van der Waals surface area contributed by atoms with Crippen molar-refractivity contribution in [2.24, 2.45) is 5.92 Å². The van der Waals surface area contributed by atoms with Crippen LogP contribution in [-0.4, -0.2) is 33.3 Å². The molecule has 1 heterocycles. The number of hydrogen-bond acceptors (Lipinski definition) is 4. The Morgan fingerprint density at radius 3 is 2.61 bits per heavy atom. The zero-order valence-electron chi connectivity index (χ0n) is 12.7. The highest BCUT2D eigenvalue weighted by Crippen LogP contribution is 2.32. The smallest absolute Gasteiger partial charge is 0.273 e. The van der Waals surface area contributed by atoms with Gasteiger partial charge in [0.2, 0.25) is 0 Å². The molecule has 5 heteroatoms. The summed E-state index contributed by atoms with van der Waals surface area (Å²) in [5.41, 5.74) is 1.16. The van der Waals surface area contributed by atoms with Crippen LogP contribution in [0.25, 0.3) is 0 Å². The van der Waals surface area contributed by atoms with Gasteiger partial charge < -0.3 is 15.5 Å². The maximum atomic E-state index is 12.4. The lowest BCUT2D eigenvalue weighted by molar-refractivity contribution is 0.0238. The molecule has 0 radical (unpaired) electrons. The maximum absolute atomic E-state index is 12.4. The van der Waals surface area contributed by atoms with Crippen molar-refractivity contribution in [3.8, 4) is 5.75 Å². The predicted molar refractivity (Wildman–Crippen MR) is 86.0 cm³/mol. The van der Waals surface area contributed by atoms with E-state index in [0.717, 1.165) is 5.56 Å². The van der Waals surface area contributed by atoms with Gasteiger partial charge in [-0.1, -0.05) is 30.3 Å². The highest BCUT2D eigenvalue weighted by atomic mass is 16.3. The fraction of sp³-hybridized carbons (Fsp3) is 0.333. The van der Waals surface area contributed by atoms with Crippen molar-refractivity contribution >= 4 is 5.91 Å². The summed E-state index contributed by atoms with van der Waals surface area (Å²) < 4.78 is 0. The molecule has 0 spiro atoms. The minimum atomic E-state index is -0.384. The SMILES string of the molecule is O=C(N[C@H](Cc1ccccc1)C1CC(O)C1)c1ncccc1O. The first-order valence-corrected chi connectivity index (χ1v) is 7.80. The van der Waals surface area contributed by atoms with E-state index < -0.39 is 0 Å². The number of nitrogens with one attached hydrogen (secondary N) is 1. The first-order valence-electron chi connectivity index (χ1n) is 7.80. The number of pyridine rings is 1. The first-order chi connectivity index (χ1) is 11.1. The predicted octanol–water partition coefficient (Wildman–Crippen LogP) is 1.90. The minimum absolute atomic E-state index is 0.0328. The van der Waals surface area contributed by atoms with E-state index in [1.54, 1.807) is 6.07 Å². The van der Waals surface area contributed by atoms with Crippen LogP contribution < -0.4 is 5.32 Å². The third-order valence-corrected chi connectivity index (χ3v) is 4.34. The van der Waals surface area contributed by atoms with Crippen molar-refractivity contribution < 1.29 is 15.0 Å². The Hall–Kier alpha value is -2.40. The van der Waals surface area contributed by atoms with Crippen molar-refractivity contribution in [2.75, 3.05) is 0 Å². The summed E-state index contributed by atoms with van der Waals surface area (Å²) in [4.78, 5) is 16.3. The quantitative estimate of drug-likeness (QED) is 0.787. The number of aromatic nitrogens is 1. The van der Waals surface area contributed by atoms with Gasteiger partial charge in [0.25, 0.3) is 5.91 Å². The Morgan fingerprint density at radius 1 is 1.22 bits per heavy atom. The molecule has 0 unspecified atom stereocenters. The minimum Gasteiger partial charge on any atom is -0.505 e. The molecule has 120 valence electrons. The average Bonchev–Trinajstić information content (AvgIpc) is 2.52. The zero-order chi connectivity index (χ0) is 16.2. The number of benzene rings is 1. The van der Waals surface area contributed by atoms with Crippen molar-refractivity contribution in [1.29, 1.82) is 0 Å². The maximum Gasteiger partial charge on any atom is 0.273 e. The van der Waals surface area contributed by atoms with Crippen molar-refractivity contribution in [3.63, 3.8) is 0 Å². The first kappa shape index (κ1) is 15.5. The molecule has 0 bridgehead atoms. The van der Waals surface area contributed by atoms with Crippen molar-refractivity contribution in [2.45, 2.75) is 31.4 Å². The van der Waals surface area contributed by atoms with Gasteiger partial charge >= 0.3 is 0 Å². The molecule has 0 aliphatic heterocycles. The van der Waals surface area contributed by atoms with Gasteiger partial charge in [0.1, 0.15) is 5.75 Å². The van der Waals surface area contributed by atoms with E-state index in [1.165, 1.54) is 12.3 Å². The Kier molecular flexibility index (Phi) is 4.57. The molecular formula is C18H20N2O3. The van der Waals surface area contributed by atoms with Crippen LogP contribution in [0, 0.1) is 5.92 Å². The van der Waals surface area contributed by atoms with Crippen molar-refractivity contribution in [3.05, 3.63) is 59.9 Å². The lowest BCUT2D eigenvalue weighted by Crippen LogP contribution is -2.48. The molecule has 1 aromatic carbocycles. The van der Waals surface area contributed by atoms with E-state index in [-0.39, 0.29) is 35.4 Å². The van der Waals surface area contributed by atoms with Crippen LogP contribution in [-0.2, 0) is 6.42 Å². The molecule has 1 aliphatic carbocycles. The van der Waals surface area contributed by atoms with Crippen LogP contribution in [0.1, 0.15) is 28.9 Å². The van der Waals surface area contributed by atoms with E-state index in [1.807, 2.05) is 30.3 Å². The van der Waals surface area contributed by atoms with Crippen LogP contribution in [0.2, 0.25) is 0 Å². The van der Waals surface area contributed by atoms with Gasteiger partial charge in [0.05, 0.1) is 6.10 Å². The van der Waals surface area contributed by atoms with E-state index in [2.05, 4.69) is 10.3 Å². The molecule has 3 rings (SSSR count). The molecule has 5 nitrogen and oxygen atoms in total. The molecule has 1 amide bonds. The van der Waals surface area contributed by atoms with Gasteiger partial charge in [-0.05, 0) is 42.9 Å². The van der Waals surface area contributed by atoms with E-state index in [9.17, 15) is 15.0 Å². The summed E-state index contributed by atoms with van der Waals surface area (Å²) in [6.07, 6.45) is 3.27. The lowest BCUT2D eigenvalue weighted by Gasteiger charge is -2.38. The molecule has 2 aromatic rings. The Labute approximate surface area is 135 Å². The van der Waals surface area contributed by atoms with E-state index in [0.29, 0.717) is 19.3 Å². The van der Waals surface area contributed by atoms with Crippen LogP contribution in [0.15, 0.2) is 48.7 Å². The Balaban J connectivity index is 1.73. The molecule has 3 N–H and O–H groups in total. The Bertz CT molecular complexity index is 669. The number of amides is 1. The monoisotopic (exact) mass is 312 g/mol. The van der Waals surface area contributed by atoms with E-state index >= 15 is 0 Å². The van der Waals surface area contributed by atoms with E-state index in [4.69, 9.17) is 0 Å².